The van der Waals surface area contributed by atoms with Crippen LogP contribution in [-0.2, 0) is 4.74 Å². The molecule has 21 heavy (non-hydrogen) atoms. The van der Waals surface area contributed by atoms with Gasteiger partial charge in [0, 0.05) is 16.6 Å². The van der Waals surface area contributed by atoms with Crippen LogP contribution in [0, 0.1) is 0 Å². The molecule has 0 radical (unpaired) electrons. The monoisotopic (exact) mass is 306 g/mol. The van der Waals surface area contributed by atoms with Gasteiger partial charge in [-0.15, -0.1) is 0 Å². The second-order valence-electron chi connectivity index (χ2n) is 4.33. The van der Waals surface area contributed by atoms with E-state index in [1.165, 1.54) is 6.20 Å². The van der Waals surface area contributed by atoms with Crippen LogP contribution in [0.2, 0.25) is 5.02 Å². The molecule has 0 aliphatic heterocycles. The normalized spacial score (nSPS) is 11.0. The van der Waals surface area contributed by atoms with Crippen LogP contribution < -0.4 is 10.3 Å². The number of H-pyrrole nitrogens is 2. The second kappa shape index (κ2) is 5.14. The van der Waals surface area contributed by atoms with Gasteiger partial charge in [0.25, 0.3) is 5.56 Å². The van der Waals surface area contributed by atoms with E-state index in [2.05, 4.69) is 9.97 Å². The minimum Gasteiger partial charge on any atom is -0.434 e. The first kappa shape index (κ1) is 13.5. The van der Waals surface area contributed by atoms with E-state index in [4.69, 9.17) is 21.1 Å². The maximum absolute atomic E-state index is 12.0. The summed E-state index contributed by atoms with van der Waals surface area (Å²) in [6, 6.07) is 5.09. The van der Waals surface area contributed by atoms with Crippen molar-refractivity contribution in [3.05, 3.63) is 39.8 Å². The van der Waals surface area contributed by atoms with Crippen LogP contribution >= 0.6 is 11.6 Å². The quantitative estimate of drug-likeness (QED) is 0.712. The zero-order valence-electron chi connectivity index (χ0n) is 11.0. The molecule has 0 spiro atoms. The summed E-state index contributed by atoms with van der Waals surface area (Å²) in [5.41, 5.74) is 0.566. The highest BCUT2D eigenvalue weighted by Crippen LogP contribution is 2.31. The Labute approximate surface area is 123 Å². The van der Waals surface area contributed by atoms with Gasteiger partial charge in [-0.2, -0.15) is 0 Å². The summed E-state index contributed by atoms with van der Waals surface area (Å²) in [6.45, 7) is 1.89. The summed E-state index contributed by atoms with van der Waals surface area (Å²) in [5.74, 6) is 0.238. The summed E-state index contributed by atoms with van der Waals surface area (Å²) in [5, 5.41) is 1.73. The molecule has 0 unspecified atom stereocenters. The molecular formula is C14H11ClN2O4. The maximum atomic E-state index is 12.0. The Hall–Kier alpha value is -2.47. The maximum Gasteiger partial charge on any atom is 0.513 e. The van der Waals surface area contributed by atoms with Crippen molar-refractivity contribution in [1.29, 1.82) is 0 Å². The first-order chi connectivity index (χ1) is 10.1. The number of benzene rings is 1. The smallest absolute Gasteiger partial charge is 0.434 e. The molecule has 2 heterocycles. The molecule has 3 aromatic rings. The van der Waals surface area contributed by atoms with E-state index in [0.717, 1.165) is 5.39 Å². The van der Waals surface area contributed by atoms with Crippen LogP contribution in [0.5, 0.6) is 5.75 Å². The lowest BCUT2D eigenvalue weighted by Gasteiger charge is -2.05. The van der Waals surface area contributed by atoms with Crippen LogP contribution in [-0.4, -0.2) is 22.7 Å². The summed E-state index contributed by atoms with van der Waals surface area (Å²) in [6.07, 6.45) is 0.631. The average molecular weight is 307 g/mol. The van der Waals surface area contributed by atoms with E-state index >= 15 is 0 Å². The zero-order chi connectivity index (χ0) is 15.0. The standard InChI is InChI=1S/C14H11ClN2O4/c1-2-20-14(19)21-10-6-16-12-11(10)8-4-3-7(15)5-9(8)17-13(12)18/h3-6,16H,2H2,1H3,(H,17,18). The highest BCUT2D eigenvalue weighted by atomic mass is 35.5. The molecular weight excluding hydrogens is 296 g/mol. The molecule has 0 aliphatic rings. The lowest BCUT2D eigenvalue weighted by Crippen LogP contribution is -2.10. The summed E-state index contributed by atoms with van der Waals surface area (Å²) in [4.78, 5) is 29.0. The fourth-order valence-electron chi connectivity index (χ4n) is 2.19. The molecule has 0 fully saturated rings. The Morgan fingerprint density at radius 3 is 2.95 bits per heavy atom. The third-order valence-corrected chi connectivity index (χ3v) is 3.26. The Balaban J connectivity index is 2.25. The highest BCUT2D eigenvalue weighted by molar-refractivity contribution is 6.31. The predicted molar refractivity (Wildman–Crippen MR) is 79.1 cm³/mol. The van der Waals surface area contributed by atoms with Crippen molar-refractivity contribution >= 4 is 39.6 Å². The SMILES string of the molecule is CCOC(=O)Oc1c[nH]c2c(=O)[nH]c3cc(Cl)ccc3c12. The van der Waals surface area contributed by atoms with E-state index in [1.54, 1.807) is 25.1 Å². The van der Waals surface area contributed by atoms with Gasteiger partial charge in [-0.05, 0) is 19.1 Å². The van der Waals surface area contributed by atoms with Crippen LogP contribution in [0.1, 0.15) is 6.92 Å². The van der Waals surface area contributed by atoms with Crippen LogP contribution in [0.25, 0.3) is 21.8 Å². The molecule has 0 amide bonds. The third-order valence-electron chi connectivity index (χ3n) is 3.03. The van der Waals surface area contributed by atoms with Crippen LogP contribution in [0.15, 0.2) is 29.2 Å². The predicted octanol–water partition coefficient (Wildman–Crippen LogP) is 3.20. The molecule has 0 saturated carbocycles. The average Bonchev–Trinajstić information content (AvgIpc) is 2.83. The molecule has 6 nitrogen and oxygen atoms in total. The van der Waals surface area contributed by atoms with Gasteiger partial charge < -0.3 is 19.4 Å². The van der Waals surface area contributed by atoms with E-state index in [0.29, 0.717) is 21.4 Å². The number of aromatic nitrogens is 2. The molecule has 108 valence electrons. The topological polar surface area (TPSA) is 84.2 Å². The lowest BCUT2D eigenvalue weighted by atomic mass is 10.1. The number of pyridine rings is 1. The molecule has 2 aromatic heterocycles. The zero-order valence-corrected chi connectivity index (χ0v) is 11.8. The van der Waals surface area contributed by atoms with Gasteiger partial charge in [0.1, 0.15) is 5.52 Å². The van der Waals surface area contributed by atoms with E-state index in [1.807, 2.05) is 0 Å². The van der Waals surface area contributed by atoms with Crippen molar-refractivity contribution in [2.75, 3.05) is 6.61 Å². The Morgan fingerprint density at radius 2 is 2.19 bits per heavy atom. The largest absolute Gasteiger partial charge is 0.513 e. The first-order valence-electron chi connectivity index (χ1n) is 6.27. The van der Waals surface area contributed by atoms with Gasteiger partial charge in [0.15, 0.2) is 5.75 Å². The molecule has 2 N–H and O–H groups in total. The van der Waals surface area contributed by atoms with Crippen molar-refractivity contribution < 1.29 is 14.3 Å². The number of rotatable bonds is 2. The fourth-order valence-corrected chi connectivity index (χ4v) is 2.36. The number of aromatic amines is 2. The van der Waals surface area contributed by atoms with Crippen molar-refractivity contribution in [3.63, 3.8) is 0 Å². The van der Waals surface area contributed by atoms with Gasteiger partial charge in [-0.1, -0.05) is 17.7 Å². The first-order valence-corrected chi connectivity index (χ1v) is 6.65. The second-order valence-corrected chi connectivity index (χ2v) is 4.77. The summed E-state index contributed by atoms with van der Waals surface area (Å²) >= 11 is 5.93. The summed E-state index contributed by atoms with van der Waals surface area (Å²) < 4.78 is 9.87. The number of ether oxygens (including phenoxy) is 2. The minimum absolute atomic E-state index is 0.206. The van der Waals surface area contributed by atoms with Crippen LogP contribution in [0.4, 0.5) is 4.79 Å². The molecule has 0 atom stereocenters. The van der Waals surface area contributed by atoms with Crippen molar-refractivity contribution in [2.24, 2.45) is 0 Å². The molecule has 1 aromatic carbocycles. The van der Waals surface area contributed by atoms with E-state index in [9.17, 15) is 9.59 Å². The third kappa shape index (κ3) is 2.34. The molecule has 3 rings (SSSR count). The molecule has 0 saturated heterocycles. The number of hydrogen-bond acceptors (Lipinski definition) is 4. The van der Waals surface area contributed by atoms with Gasteiger partial charge in [-0.25, -0.2) is 4.79 Å². The number of carbonyl (C=O) groups is 1. The van der Waals surface area contributed by atoms with Crippen LogP contribution in [0.3, 0.4) is 0 Å². The fraction of sp³-hybridized carbons (Fsp3) is 0.143. The van der Waals surface area contributed by atoms with Crippen molar-refractivity contribution in [1.82, 2.24) is 9.97 Å². The molecule has 0 aliphatic carbocycles. The van der Waals surface area contributed by atoms with Crippen molar-refractivity contribution in [2.45, 2.75) is 6.92 Å². The van der Waals surface area contributed by atoms with Gasteiger partial charge in [-0.3, -0.25) is 4.79 Å². The number of halogens is 1. The number of nitrogens with one attached hydrogen (secondary N) is 2. The lowest BCUT2D eigenvalue weighted by molar-refractivity contribution is 0.105. The Kier molecular flexibility index (Phi) is 3.31. The van der Waals surface area contributed by atoms with Gasteiger partial charge in [0.05, 0.1) is 17.5 Å². The summed E-state index contributed by atoms with van der Waals surface area (Å²) in [7, 11) is 0. The van der Waals surface area contributed by atoms with Gasteiger partial charge in [0.2, 0.25) is 0 Å². The van der Waals surface area contributed by atoms with E-state index < -0.39 is 6.16 Å². The Bertz CT molecular complexity index is 897. The number of fused-ring (bicyclic) bond motifs is 3. The molecule has 7 heteroatoms. The number of carbonyl (C=O) groups excluding carboxylic acids is 1. The highest BCUT2D eigenvalue weighted by Gasteiger charge is 2.16. The number of hydrogen-bond donors (Lipinski definition) is 2. The Morgan fingerprint density at radius 1 is 1.38 bits per heavy atom. The van der Waals surface area contributed by atoms with E-state index in [-0.39, 0.29) is 17.9 Å². The molecule has 0 bridgehead atoms. The minimum atomic E-state index is -0.819. The van der Waals surface area contributed by atoms with Gasteiger partial charge >= 0.3 is 6.16 Å². The van der Waals surface area contributed by atoms with Crippen molar-refractivity contribution in [3.8, 4) is 5.75 Å².